The number of Topliss-reactive ketones (excluding diaryl/α,β-unsaturated/α-hetero) is 1. The van der Waals surface area contributed by atoms with Crippen molar-refractivity contribution < 1.29 is 33.6 Å². The van der Waals surface area contributed by atoms with E-state index in [2.05, 4.69) is 0 Å². The number of fused-ring (bicyclic) bond motifs is 1. The highest BCUT2D eigenvalue weighted by molar-refractivity contribution is 5.99. The summed E-state index contributed by atoms with van der Waals surface area (Å²) < 4.78 is 22.8. The van der Waals surface area contributed by atoms with Gasteiger partial charge in [-0.3, -0.25) is 4.79 Å². The molecule has 0 unspecified atom stereocenters. The van der Waals surface area contributed by atoms with Gasteiger partial charge in [-0.1, -0.05) is 56.4 Å². The van der Waals surface area contributed by atoms with Crippen LogP contribution in [0.2, 0.25) is 0 Å². The van der Waals surface area contributed by atoms with Crippen LogP contribution in [0.3, 0.4) is 0 Å². The Hall–Kier alpha value is -2.32. The molecule has 0 radical (unpaired) electrons. The first kappa shape index (κ1) is 29.2. The molecular weight excluding hydrogens is 472 g/mol. The maximum Gasteiger partial charge on any atom is 0.334 e. The first-order valence-electron chi connectivity index (χ1n) is 13.1. The molecule has 3 aliphatic heterocycles. The van der Waals surface area contributed by atoms with Gasteiger partial charge >= 0.3 is 5.97 Å². The summed E-state index contributed by atoms with van der Waals surface area (Å²) in [5.41, 5.74) is 0.553. The number of allylic oxidation sites excluding steroid dienone is 4. The number of hydrogen-bond donors (Lipinski definition) is 1. The van der Waals surface area contributed by atoms with Gasteiger partial charge in [0, 0.05) is 30.9 Å². The fourth-order valence-electron chi connectivity index (χ4n) is 4.46. The van der Waals surface area contributed by atoms with Gasteiger partial charge in [0.25, 0.3) is 0 Å². The van der Waals surface area contributed by atoms with E-state index in [1.807, 2.05) is 51.2 Å². The molecule has 0 bridgehead atoms. The molecular formula is C30H42O7. The quantitative estimate of drug-likeness (QED) is 0.338. The molecule has 0 amide bonds. The molecule has 9 atom stereocenters. The van der Waals surface area contributed by atoms with Gasteiger partial charge in [-0.25, -0.2) is 4.79 Å². The molecule has 0 aromatic heterocycles. The molecule has 0 aliphatic carbocycles. The molecule has 7 nitrogen and oxygen atoms in total. The van der Waals surface area contributed by atoms with E-state index >= 15 is 0 Å². The molecule has 2 saturated heterocycles. The lowest BCUT2D eigenvalue weighted by molar-refractivity contribution is -0.146. The van der Waals surface area contributed by atoms with Crippen LogP contribution in [0.4, 0.5) is 0 Å². The van der Waals surface area contributed by atoms with Crippen molar-refractivity contribution in [3.8, 4) is 0 Å². The number of esters is 1. The first-order chi connectivity index (χ1) is 17.4. The van der Waals surface area contributed by atoms with Crippen molar-refractivity contribution >= 4 is 11.8 Å². The third-order valence-electron chi connectivity index (χ3n) is 7.47. The van der Waals surface area contributed by atoms with Crippen LogP contribution in [0, 0.1) is 11.8 Å². The number of ether oxygens (including phenoxy) is 4. The summed E-state index contributed by atoms with van der Waals surface area (Å²) in [5.74, 6) is -1.48. The average Bonchev–Trinajstić information content (AvgIpc) is 3.75. The highest BCUT2D eigenvalue weighted by Crippen LogP contribution is 2.40. The molecule has 2 fully saturated rings. The standard InChI is InChI=1S/C30H42O7/c1-18-10-8-9-11-27-30(6,37-27)15-14-23(34-7)17-24(31)21(4)25(12-13-26-22(5)35-26)36-29(33)20(3)16-19(2)28(18)32/h8-10,12-16,19,21-27,31H,11,17H2,1-7H3/b9-8-,13-12+,15-14-,18-10-,20-16-/t19-,21+,22+,23+,24+,25+,26+,27+,30+/m0/s1. The van der Waals surface area contributed by atoms with Crippen LogP contribution in [0.25, 0.3) is 0 Å². The minimum atomic E-state index is -0.801. The van der Waals surface area contributed by atoms with Gasteiger partial charge in [0.1, 0.15) is 17.8 Å². The number of rotatable bonds is 3. The number of methoxy groups -OCH3 is 1. The van der Waals surface area contributed by atoms with E-state index in [0.29, 0.717) is 24.0 Å². The summed E-state index contributed by atoms with van der Waals surface area (Å²) >= 11 is 0. The molecule has 0 aromatic carbocycles. The van der Waals surface area contributed by atoms with E-state index < -0.39 is 35.6 Å². The third-order valence-corrected chi connectivity index (χ3v) is 7.47. The Kier molecular flexibility index (Phi) is 9.86. The minimum Gasteiger partial charge on any atom is -0.454 e. The number of cyclic esters (lactones) is 1. The Morgan fingerprint density at radius 1 is 1.11 bits per heavy atom. The molecule has 204 valence electrons. The maximum absolute atomic E-state index is 13.0. The lowest BCUT2D eigenvalue weighted by Gasteiger charge is -2.27. The van der Waals surface area contributed by atoms with Crippen molar-refractivity contribution in [3.05, 3.63) is 59.8 Å². The van der Waals surface area contributed by atoms with Gasteiger partial charge in [-0.15, -0.1) is 0 Å². The Balaban J connectivity index is 1.87. The summed E-state index contributed by atoms with van der Waals surface area (Å²) in [5, 5.41) is 11.1. The second-order valence-electron chi connectivity index (χ2n) is 10.7. The van der Waals surface area contributed by atoms with Gasteiger partial charge < -0.3 is 24.1 Å². The highest BCUT2D eigenvalue weighted by Gasteiger charge is 2.49. The number of aliphatic hydroxyl groups is 1. The second-order valence-corrected chi connectivity index (χ2v) is 10.7. The Morgan fingerprint density at radius 3 is 2.43 bits per heavy atom. The number of carbonyl (C=O) groups is 2. The van der Waals surface area contributed by atoms with Gasteiger partial charge in [0.05, 0.1) is 24.4 Å². The zero-order chi connectivity index (χ0) is 27.3. The lowest BCUT2D eigenvalue weighted by atomic mass is 9.92. The van der Waals surface area contributed by atoms with E-state index in [9.17, 15) is 14.7 Å². The normalized spacial score (nSPS) is 44.5. The Morgan fingerprint density at radius 2 is 1.78 bits per heavy atom. The van der Waals surface area contributed by atoms with E-state index in [1.165, 1.54) is 0 Å². The molecule has 37 heavy (non-hydrogen) atoms. The minimum absolute atomic E-state index is 0.0240. The predicted octanol–water partition coefficient (Wildman–Crippen LogP) is 4.42. The fourth-order valence-corrected chi connectivity index (χ4v) is 4.46. The van der Waals surface area contributed by atoms with Gasteiger partial charge in [0.2, 0.25) is 0 Å². The van der Waals surface area contributed by atoms with E-state index in [1.54, 1.807) is 46.1 Å². The van der Waals surface area contributed by atoms with Gasteiger partial charge in [-0.05, 0) is 45.8 Å². The van der Waals surface area contributed by atoms with Crippen molar-refractivity contribution in [2.24, 2.45) is 11.8 Å². The summed E-state index contributed by atoms with van der Waals surface area (Å²) in [4.78, 5) is 25.8. The molecule has 1 N–H and O–H groups in total. The number of aliphatic hydroxyl groups excluding tert-OH is 1. The van der Waals surface area contributed by atoms with E-state index in [-0.39, 0.29) is 30.2 Å². The zero-order valence-electron chi connectivity index (χ0n) is 23.0. The topological polar surface area (TPSA) is 97.9 Å². The van der Waals surface area contributed by atoms with Crippen LogP contribution in [-0.2, 0) is 28.5 Å². The Bertz CT molecular complexity index is 990. The van der Waals surface area contributed by atoms with Crippen LogP contribution in [-0.4, -0.2) is 66.2 Å². The molecule has 3 rings (SSSR count). The SMILES string of the molecule is CO[C@@H]1/C=C\[C@@]2(C)O[C@@H]2C/C=C\C=C(\C)C(=O)[C@@H](C)/C=C(/C)C(=O)O[C@H](/C=C/[C@H]2O[C@@H]2C)[C@H](C)[C@H](O)C1. The van der Waals surface area contributed by atoms with Crippen LogP contribution >= 0.6 is 0 Å². The van der Waals surface area contributed by atoms with E-state index in [0.717, 1.165) is 0 Å². The molecule has 0 spiro atoms. The fraction of sp³-hybridized carbons (Fsp3) is 0.600. The van der Waals surface area contributed by atoms with Crippen molar-refractivity contribution in [1.29, 1.82) is 0 Å². The largest absolute Gasteiger partial charge is 0.454 e. The first-order valence-corrected chi connectivity index (χ1v) is 13.1. The number of epoxide rings is 2. The summed E-state index contributed by atoms with van der Waals surface area (Å²) in [7, 11) is 1.61. The summed E-state index contributed by atoms with van der Waals surface area (Å²) in [6.45, 7) is 11.0. The monoisotopic (exact) mass is 514 g/mol. The second kappa shape index (κ2) is 12.5. The number of ketones is 1. The molecule has 7 heteroatoms. The predicted molar refractivity (Wildman–Crippen MR) is 142 cm³/mol. The van der Waals surface area contributed by atoms with Crippen LogP contribution in [0.15, 0.2) is 59.8 Å². The van der Waals surface area contributed by atoms with Crippen molar-refractivity contribution in [2.75, 3.05) is 7.11 Å². The van der Waals surface area contributed by atoms with Crippen molar-refractivity contribution in [2.45, 2.75) is 96.6 Å². The lowest BCUT2D eigenvalue weighted by Crippen LogP contribution is -2.35. The highest BCUT2D eigenvalue weighted by atomic mass is 16.6. The third kappa shape index (κ3) is 8.08. The number of carbonyl (C=O) groups excluding carboxylic acids is 2. The Labute approximate surface area is 220 Å². The van der Waals surface area contributed by atoms with Gasteiger partial charge in [0.15, 0.2) is 5.78 Å². The zero-order valence-corrected chi connectivity index (χ0v) is 23.0. The van der Waals surface area contributed by atoms with E-state index in [4.69, 9.17) is 18.9 Å². The van der Waals surface area contributed by atoms with Gasteiger partial charge in [-0.2, -0.15) is 0 Å². The molecule has 3 heterocycles. The van der Waals surface area contributed by atoms with Crippen molar-refractivity contribution in [3.63, 3.8) is 0 Å². The number of hydrogen-bond acceptors (Lipinski definition) is 7. The summed E-state index contributed by atoms with van der Waals surface area (Å²) in [6.07, 6.45) is 14.2. The van der Waals surface area contributed by atoms with Crippen LogP contribution in [0.1, 0.15) is 54.4 Å². The molecule has 3 aliphatic rings. The van der Waals surface area contributed by atoms with Crippen LogP contribution < -0.4 is 0 Å². The summed E-state index contributed by atoms with van der Waals surface area (Å²) in [6, 6.07) is 0. The maximum atomic E-state index is 13.0. The molecule has 0 saturated carbocycles. The van der Waals surface area contributed by atoms with Crippen molar-refractivity contribution in [1.82, 2.24) is 0 Å². The van der Waals surface area contributed by atoms with Crippen LogP contribution in [0.5, 0.6) is 0 Å². The molecule has 0 aromatic rings. The average molecular weight is 515 g/mol. The smallest absolute Gasteiger partial charge is 0.334 e.